The van der Waals surface area contributed by atoms with Crippen LogP contribution >= 0.6 is 0 Å². The zero-order valence-electron chi connectivity index (χ0n) is 10.2. The predicted octanol–water partition coefficient (Wildman–Crippen LogP) is -0.596. The maximum absolute atomic E-state index is 12.0. The molecular weight excluding hydrogens is 262 g/mol. The normalized spacial score (nSPS) is 13.5. The summed E-state index contributed by atoms with van der Waals surface area (Å²) in [6.45, 7) is 2.80. The molecule has 0 aliphatic heterocycles. The van der Waals surface area contributed by atoms with E-state index in [-0.39, 0.29) is 17.2 Å². The molecule has 0 aliphatic carbocycles. The molecule has 0 aromatic carbocycles. The molecule has 102 valence electrons. The number of hydrogen-bond acceptors (Lipinski definition) is 5. The van der Waals surface area contributed by atoms with Crippen molar-refractivity contribution in [2.24, 2.45) is 0 Å². The zero-order chi connectivity index (χ0) is 13.9. The number of methoxy groups -OCH3 is 1. The molecular formula is C9H15N3O5S. The first-order valence-corrected chi connectivity index (χ1v) is 6.53. The van der Waals surface area contributed by atoms with Gasteiger partial charge in [-0.2, -0.15) is 9.82 Å². The monoisotopic (exact) mass is 277 g/mol. The standard InChI is InChI=1S/C9H15N3O5S/c1-5-8(6(2)11-10-5)18(15,16)12-7(4-17-3)9(13)14/h7,12H,4H2,1-3H3,(H,10,11)(H,13,14). The van der Waals surface area contributed by atoms with E-state index in [4.69, 9.17) is 5.11 Å². The van der Waals surface area contributed by atoms with Gasteiger partial charge in [0.05, 0.1) is 18.0 Å². The van der Waals surface area contributed by atoms with Gasteiger partial charge in [-0.1, -0.05) is 0 Å². The number of aromatic nitrogens is 2. The summed E-state index contributed by atoms with van der Waals surface area (Å²) in [5.74, 6) is -1.31. The molecule has 0 fully saturated rings. The van der Waals surface area contributed by atoms with Gasteiger partial charge in [0.2, 0.25) is 10.0 Å². The van der Waals surface area contributed by atoms with Gasteiger partial charge in [-0.3, -0.25) is 9.89 Å². The first-order chi connectivity index (χ1) is 8.29. The van der Waals surface area contributed by atoms with E-state index < -0.39 is 22.0 Å². The number of carbonyl (C=O) groups is 1. The van der Waals surface area contributed by atoms with Gasteiger partial charge in [0, 0.05) is 7.11 Å². The topological polar surface area (TPSA) is 121 Å². The van der Waals surface area contributed by atoms with Crippen molar-refractivity contribution in [2.75, 3.05) is 13.7 Å². The highest BCUT2D eigenvalue weighted by molar-refractivity contribution is 7.89. The lowest BCUT2D eigenvalue weighted by molar-refractivity contribution is -0.140. The lowest BCUT2D eigenvalue weighted by atomic mass is 10.3. The van der Waals surface area contributed by atoms with Gasteiger partial charge in [-0.25, -0.2) is 8.42 Å². The largest absolute Gasteiger partial charge is 0.480 e. The highest BCUT2D eigenvalue weighted by Crippen LogP contribution is 2.16. The maximum atomic E-state index is 12.0. The van der Waals surface area contributed by atoms with Crippen molar-refractivity contribution in [1.29, 1.82) is 0 Å². The van der Waals surface area contributed by atoms with E-state index in [0.717, 1.165) is 0 Å². The molecule has 0 aliphatic rings. The minimum absolute atomic E-state index is 0.0372. The van der Waals surface area contributed by atoms with Crippen LogP contribution in [0.25, 0.3) is 0 Å². The van der Waals surface area contributed by atoms with E-state index in [9.17, 15) is 13.2 Å². The average Bonchev–Trinajstić information content (AvgIpc) is 2.58. The van der Waals surface area contributed by atoms with Gasteiger partial charge in [-0.15, -0.1) is 0 Å². The van der Waals surface area contributed by atoms with Crippen LogP contribution in [0.4, 0.5) is 0 Å². The number of carboxylic acid groups (broad SMARTS) is 1. The Morgan fingerprint density at radius 1 is 1.56 bits per heavy atom. The van der Waals surface area contributed by atoms with E-state index in [1.54, 1.807) is 6.92 Å². The minimum atomic E-state index is -3.95. The van der Waals surface area contributed by atoms with Gasteiger partial charge < -0.3 is 9.84 Å². The second-order valence-electron chi connectivity index (χ2n) is 3.73. The molecule has 1 heterocycles. The third kappa shape index (κ3) is 3.06. The number of sulfonamides is 1. The lowest BCUT2D eigenvalue weighted by Crippen LogP contribution is -2.43. The molecule has 1 aromatic heterocycles. The molecule has 0 spiro atoms. The van der Waals surface area contributed by atoms with Crippen molar-refractivity contribution in [2.45, 2.75) is 24.8 Å². The summed E-state index contributed by atoms with van der Waals surface area (Å²) in [6.07, 6.45) is 0. The summed E-state index contributed by atoms with van der Waals surface area (Å²) in [6, 6.07) is -1.34. The Kier molecular flexibility index (Phi) is 4.43. The molecule has 0 amide bonds. The summed E-state index contributed by atoms with van der Waals surface area (Å²) in [7, 11) is -2.66. The van der Waals surface area contributed by atoms with E-state index in [0.29, 0.717) is 5.69 Å². The maximum Gasteiger partial charge on any atom is 0.324 e. The Morgan fingerprint density at radius 3 is 2.56 bits per heavy atom. The van der Waals surface area contributed by atoms with E-state index in [1.165, 1.54) is 14.0 Å². The minimum Gasteiger partial charge on any atom is -0.480 e. The number of aryl methyl sites for hydroxylation is 2. The van der Waals surface area contributed by atoms with Crippen LogP contribution in [0.5, 0.6) is 0 Å². The summed E-state index contributed by atoms with van der Waals surface area (Å²) in [5.41, 5.74) is 0.628. The van der Waals surface area contributed by atoms with Gasteiger partial charge >= 0.3 is 5.97 Å². The molecule has 0 bridgehead atoms. The van der Waals surface area contributed by atoms with Crippen LogP contribution in [0.3, 0.4) is 0 Å². The number of nitrogens with one attached hydrogen (secondary N) is 2. The van der Waals surface area contributed by atoms with E-state index in [2.05, 4.69) is 19.7 Å². The molecule has 0 saturated carbocycles. The third-order valence-corrected chi connectivity index (χ3v) is 3.99. The molecule has 18 heavy (non-hydrogen) atoms. The van der Waals surface area contributed by atoms with Crippen molar-refractivity contribution < 1.29 is 23.1 Å². The summed E-state index contributed by atoms with van der Waals surface area (Å²) < 4.78 is 30.8. The first-order valence-electron chi connectivity index (χ1n) is 5.05. The summed E-state index contributed by atoms with van der Waals surface area (Å²) in [4.78, 5) is 10.8. The van der Waals surface area contributed by atoms with Crippen LogP contribution < -0.4 is 4.72 Å². The smallest absolute Gasteiger partial charge is 0.324 e. The molecule has 8 nitrogen and oxygen atoms in total. The van der Waals surface area contributed by atoms with Crippen LogP contribution in [-0.4, -0.2) is 49.4 Å². The molecule has 0 radical (unpaired) electrons. The predicted molar refractivity (Wildman–Crippen MR) is 61.7 cm³/mol. The van der Waals surface area contributed by atoms with Crippen molar-refractivity contribution in [3.8, 4) is 0 Å². The molecule has 1 unspecified atom stereocenters. The fourth-order valence-electron chi connectivity index (χ4n) is 1.51. The van der Waals surface area contributed by atoms with Crippen molar-refractivity contribution in [1.82, 2.24) is 14.9 Å². The third-order valence-electron chi connectivity index (χ3n) is 2.26. The Hall–Kier alpha value is -1.45. The Balaban J connectivity index is 3.05. The Labute approximate surface area is 104 Å². The van der Waals surface area contributed by atoms with Crippen LogP contribution in [0, 0.1) is 13.8 Å². The number of aliphatic carboxylic acids is 1. The molecule has 1 atom stereocenters. The number of aromatic amines is 1. The van der Waals surface area contributed by atoms with E-state index >= 15 is 0 Å². The lowest BCUT2D eigenvalue weighted by Gasteiger charge is -2.13. The van der Waals surface area contributed by atoms with Gasteiger partial charge in [-0.05, 0) is 13.8 Å². The average molecular weight is 277 g/mol. The Bertz CT molecular complexity index is 517. The fourth-order valence-corrected chi connectivity index (χ4v) is 3.05. The number of ether oxygens (including phenoxy) is 1. The molecule has 9 heteroatoms. The first kappa shape index (κ1) is 14.6. The zero-order valence-corrected chi connectivity index (χ0v) is 11.0. The van der Waals surface area contributed by atoms with Crippen molar-refractivity contribution in [3.63, 3.8) is 0 Å². The highest BCUT2D eigenvalue weighted by atomic mass is 32.2. The second kappa shape index (κ2) is 5.46. The molecule has 3 N–H and O–H groups in total. The number of carboxylic acids is 1. The number of H-pyrrole nitrogens is 1. The highest BCUT2D eigenvalue weighted by Gasteiger charge is 2.28. The second-order valence-corrected chi connectivity index (χ2v) is 5.38. The van der Waals surface area contributed by atoms with Gasteiger partial charge in [0.1, 0.15) is 10.9 Å². The summed E-state index contributed by atoms with van der Waals surface area (Å²) >= 11 is 0. The van der Waals surface area contributed by atoms with E-state index in [1.807, 2.05) is 0 Å². The van der Waals surface area contributed by atoms with Crippen LogP contribution in [0.2, 0.25) is 0 Å². The fraction of sp³-hybridized carbons (Fsp3) is 0.556. The molecule has 1 aromatic rings. The molecule has 0 saturated heterocycles. The number of nitrogens with zero attached hydrogens (tertiary/aromatic N) is 1. The number of rotatable bonds is 6. The molecule has 1 rings (SSSR count). The van der Waals surface area contributed by atoms with Gasteiger partial charge in [0.15, 0.2) is 0 Å². The van der Waals surface area contributed by atoms with Crippen LogP contribution in [0.1, 0.15) is 11.4 Å². The number of hydrogen-bond donors (Lipinski definition) is 3. The Morgan fingerprint density at radius 2 is 2.17 bits per heavy atom. The van der Waals surface area contributed by atoms with Crippen molar-refractivity contribution in [3.05, 3.63) is 11.4 Å². The van der Waals surface area contributed by atoms with Gasteiger partial charge in [0.25, 0.3) is 0 Å². The van der Waals surface area contributed by atoms with Crippen LogP contribution in [-0.2, 0) is 19.6 Å². The van der Waals surface area contributed by atoms with Crippen molar-refractivity contribution >= 4 is 16.0 Å². The van der Waals surface area contributed by atoms with Crippen LogP contribution in [0.15, 0.2) is 4.90 Å². The quantitative estimate of drug-likeness (QED) is 0.638. The SMILES string of the molecule is COCC(NS(=O)(=O)c1c(C)n[nH]c1C)C(=O)O. The summed E-state index contributed by atoms with van der Waals surface area (Å²) in [5, 5.41) is 15.2.